The molecule has 0 fully saturated rings. The lowest BCUT2D eigenvalue weighted by Crippen LogP contribution is -2.25. The van der Waals surface area contributed by atoms with Gasteiger partial charge in [0.25, 0.3) is 0 Å². The highest BCUT2D eigenvalue weighted by Crippen LogP contribution is 2.08. The maximum atomic E-state index is 11.7. The molecule has 1 rings (SSSR count). The molecular weight excluding hydrogens is 260 g/mol. The first kappa shape index (κ1) is 16.1. The quantitative estimate of drug-likeness (QED) is 0.682. The lowest BCUT2D eigenvalue weighted by atomic mass is 10.1. The molecule has 0 amide bonds. The van der Waals surface area contributed by atoms with Gasteiger partial charge in [0.15, 0.2) is 0 Å². The second-order valence-corrected chi connectivity index (χ2v) is 6.45. The topological polar surface area (TPSA) is 58.2 Å². The molecule has 0 bridgehead atoms. The number of hydrogen-bond acceptors (Lipinski definition) is 3. The van der Waals surface area contributed by atoms with Crippen molar-refractivity contribution in [1.29, 1.82) is 0 Å². The molecular formula is C14H24N2O2S. The van der Waals surface area contributed by atoms with Crippen molar-refractivity contribution >= 4 is 10.0 Å². The highest BCUT2D eigenvalue weighted by Gasteiger charge is 2.10. The summed E-state index contributed by atoms with van der Waals surface area (Å²) in [5.74, 6) is 0.0513. The summed E-state index contributed by atoms with van der Waals surface area (Å²) in [7, 11) is -3.20. The van der Waals surface area contributed by atoms with Gasteiger partial charge in [-0.15, -0.1) is 0 Å². The normalized spacial score (nSPS) is 11.7. The summed E-state index contributed by atoms with van der Waals surface area (Å²) < 4.78 is 26.0. The predicted molar refractivity (Wildman–Crippen MR) is 79.4 cm³/mol. The average molecular weight is 284 g/mol. The van der Waals surface area contributed by atoms with E-state index in [9.17, 15) is 8.42 Å². The molecule has 1 aromatic rings. The van der Waals surface area contributed by atoms with Crippen molar-refractivity contribution < 1.29 is 8.42 Å². The van der Waals surface area contributed by atoms with E-state index in [0.717, 1.165) is 31.5 Å². The predicted octanol–water partition coefficient (Wildman–Crippen LogP) is 2.02. The van der Waals surface area contributed by atoms with Crippen LogP contribution in [0.25, 0.3) is 0 Å². The van der Waals surface area contributed by atoms with Crippen LogP contribution in [0.3, 0.4) is 0 Å². The van der Waals surface area contributed by atoms with Gasteiger partial charge < -0.3 is 5.32 Å². The zero-order valence-corrected chi connectivity index (χ0v) is 12.6. The Hall–Kier alpha value is -0.910. The summed E-state index contributed by atoms with van der Waals surface area (Å²) in [5.41, 5.74) is 2.00. The van der Waals surface area contributed by atoms with Crippen molar-refractivity contribution in [3.63, 3.8) is 0 Å². The van der Waals surface area contributed by atoms with Crippen molar-refractivity contribution in [3.8, 4) is 0 Å². The fourth-order valence-electron chi connectivity index (χ4n) is 1.69. The fourth-order valence-corrected chi connectivity index (χ4v) is 2.94. The molecule has 0 aliphatic heterocycles. The Morgan fingerprint density at radius 1 is 0.947 bits per heavy atom. The van der Waals surface area contributed by atoms with Crippen LogP contribution < -0.4 is 10.0 Å². The van der Waals surface area contributed by atoms with E-state index in [1.807, 2.05) is 31.2 Å². The summed E-state index contributed by atoms with van der Waals surface area (Å²) >= 11 is 0. The van der Waals surface area contributed by atoms with Gasteiger partial charge in [0.1, 0.15) is 0 Å². The number of nitrogens with one attached hydrogen (secondary N) is 2. The summed E-state index contributed by atoms with van der Waals surface area (Å²) in [6.07, 6.45) is 1.92. The minimum atomic E-state index is -3.20. The van der Waals surface area contributed by atoms with Crippen LogP contribution in [0.15, 0.2) is 24.3 Å². The summed E-state index contributed by atoms with van der Waals surface area (Å²) in [4.78, 5) is 0. The molecule has 5 heteroatoms. The van der Waals surface area contributed by atoms with Crippen molar-refractivity contribution in [1.82, 2.24) is 10.0 Å². The Balaban J connectivity index is 2.52. The van der Waals surface area contributed by atoms with Crippen molar-refractivity contribution in [2.24, 2.45) is 0 Å². The smallest absolute Gasteiger partial charge is 0.215 e. The lowest BCUT2D eigenvalue weighted by molar-refractivity contribution is 0.580. The van der Waals surface area contributed by atoms with Gasteiger partial charge in [-0.1, -0.05) is 38.1 Å². The Kier molecular flexibility index (Phi) is 7.05. The average Bonchev–Trinajstić information content (AvgIpc) is 2.38. The zero-order chi connectivity index (χ0) is 14.1. The first-order valence-corrected chi connectivity index (χ1v) is 8.48. The maximum absolute atomic E-state index is 11.7. The highest BCUT2D eigenvalue weighted by molar-refractivity contribution is 7.88. The first-order valence-electron chi connectivity index (χ1n) is 6.83. The molecule has 4 nitrogen and oxygen atoms in total. The van der Waals surface area contributed by atoms with Gasteiger partial charge in [-0.2, -0.15) is 0 Å². The number of benzene rings is 1. The molecule has 2 N–H and O–H groups in total. The number of rotatable bonds is 9. The van der Waals surface area contributed by atoms with Crippen LogP contribution in [0.5, 0.6) is 0 Å². The van der Waals surface area contributed by atoms with Gasteiger partial charge in [-0.05, 0) is 30.5 Å². The standard InChI is InChI=1S/C14H24N2O2S/c1-3-9-15-11-13-5-7-14(8-6-13)12-19(17,18)16-10-4-2/h5-8,15-16H,3-4,9-12H2,1-2H3. The van der Waals surface area contributed by atoms with E-state index in [0.29, 0.717) is 6.54 Å². The molecule has 19 heavy (non-hydrogen) atoms. The minimum Gasteiger partial charge on any atom is -0.313 e. The van der Waals surface area contributed by atoms with Gasteiger partial charge in [-0.3, -0.25) is 0 Å². The minimum absolute atomic E-state index is 0.0513. The largest absolute Gasteiger partial charge is 0.313 e. The highest BCUT2D eigenvalue weighted by atomic mass is 32.2. The Morgan fingerprint density at radius 3 is 2.11 bits per heavy atom. The summed E-state index contributed by atoms with van der Waals surface area (Å²) in [6.45, 7) is 6.40. The van der Waals surface area contributed by atoms with Crippen LogP contribution in [0.4, 0.5) is 0 Å². The van der Waals surface area contributed by atoms with Crippen LogP contribution in [0.1, 0.15) is 37.8 Å². The van der Waals surface area contributed by atoms with Crippen molar-refractivity contribution in [2.45, 2.75) is 39.0 Å². The van der Waals surface area contributed by atoms with E-state index in [4.69, 9.17) is 0 Å². The van der Waals surface area contributed by atoms with Crippen LogP contribution >= 0.6 is 0 Å². The molecule has 0 unspecified atom stereocenters. The molecule has 0 aromatic heterocycles. The maximum Gasteiger partial charge on any atom is 0.215 e. The monoisotopic (exact) mass is 284 g/mol. The lowest BCUT2D eigenvalue weighted by Gasteiger charge is -2.07. The van der Waals surface area contributed by atoms with E-state index in [1.54, 1.807) is 0 Å². The first-order chi connectivity index (χ1) is 9.07. The Morgan fingerprint density at radius 2 is 1.53 bits per heavy atom. The van der Waals surface area contributed by atoms with Crippen molar-refractivity contribution in [2.75, 3.05) is 13.1 Å². The molecule has 108 valence electrons. The van der Waals surface area contributed by atoms with E-state index in [1.165, 1.54) is 5.56 Å². The van der Waals surface area contributed by atoms with Crippen LogP contribution in [0, 0.1) is 0 Å². The second kappa shape index (κ2) is 8.30. The van der Waals surface area contributed by atoms with Crippen LogP contribution in [-0.4, -0.2) is 21.5 Å². The molecule has 1 aromatic carbocycles. The van der Waals surface area contributed by atoms with Crippen LogP contribution in [0.2, 0.25) is 0 Å². The summed E-state index contributed by atoms with van der Waals surface area (Å²) in [5, 5.41) is 3.32. The molecule has 0 atom stereocenters. The molecule has 0 saturated carbocycles. The Labute approximate surface area is 116 Å². The van der Waals surface area contributed by atoms with Gasteiger partial charge in [0, 0.05) is 13.1 Å². The molecule has 0 aliphatic rings. The zero-order valence-electron chi connectivity index (χ0n) is 11.8. The third-order valence-corrected chi connectivity index (χ3v) is 4.06. The Bertz CT molecular complexity index is 455. The van der Waals surface area contributed by atoms with Crippen LogP contribution in [-0.2, 0) is 22.3 Å². The van der Waals surface area contributed by atoms with E-state index in [-0.39, 0.29) is 5.75 Å². The second-order valence-electron chi connectivity index (χ2n) is 4.65. The molecule has 0 spiro atoms. The van der Waals surface area contributed by atoms with Gasteiger partial charge in [-0.25, -0.2) is 13.1 Å². The number of sulfonamides is 1. The third-order valence-electron chi connectivity index (χ3n) is 2.71. The molecule has 0 saturated heterocycles. The number of hydrogen-bond donors (Lipinski definition) is 2. The van der Waals surface area contributed by atoms with Gasteiger partial charge in [0.2, 0.25) is 10.0 Å². The molecule has 0 heterocycles. The third kappa shape index (κ3) is 6.71. The van der Waals surface area contributed by atoms with E-state index >= 15 is 0 Å². The van der Waals surface area contributed by atoms with Crippen molar-refractivity contribution in [3.05, 3.63) is 35.4 Å². The molecule has 0 aliphatic carbocycles. The summed E-state index contributed by atoms with van der Waals surface area (Å²) in [6, 6.07) is 7.73. The van der Waals surface area contributed by atoms with E-state index in [2.05, 4.69) is 17.0 Å². The fraction of sp³-hybridized carbons (Fsp3) is 0.571. The molecule has 0 radical (unpaired) electrons. The SMILES string of the molecule is CCCNCc1ccc(CS(=O)(=O)NCCC)cc1. The van der Waals surface area contributed by atoms with Gasteiger partial charge in [0.05, 0.1) is 5.75 Å². The van der Waals surface area contributed by atoms with Gasteiger partial charge >= 0.3 is 0 Å². The van der Waals surface area contributed by atoms with E-state index < -0.39 is 10.0 Å².